The standard InChI is InChI=1S/C12H16N2O5/c1-8(15)5-6-13-12(16)10-7-9(14(17)18)3-4-11(10)19-2/h3-4,7-8,15H,5-6H2,1-2H3,(H,13,16). The molecule has 7 heteroatoms. The van der Waals surface area contributed by atoms with E-state index >= 15 is 0 Å². The Hall–Kier alpha value is -2.15. The van der Waals surface area contributed by atoms with Gasteiger partial charge in [0.2, 0.25) is 0 Å². The number of nitrogens with zero attached hydrogens (tertiary/aromatic N) is 1. The monoisotopic (exact) mass is 268 g/mol. The van der Waals surface area contributed by atoms with Crippen molar-refractivity contribution in [2.24, 2.45) is 0 Å². The molecule has 0 aliphatic heterocycles. The van der Waals surface area contributed by atoms with Crippen molar-refractivity contribution in [1.82, 2.24) is 5.32 Å². The Labute approximate surface area is 110 Å². The van der Waals surface area contributed by atoms with E-state index in [9.17, 15) is 14.9 Å². The summed E-state index contributed by atoms with van der Waals surface area (Å²) in [6.45, 7) is 1.89. The van der Waals surface area contributed by atoms with Crippen LogP contribution in [0.4, 0.5) is 5.69 Å². The Morgan fingerprint density at radius 3 is 2.79 bits per heavy atom. The Morgan fingerprint density at radius 2 is 2.26 bits per heavy atom. The molecular formula is C12H16N2O5. The van der Waals surface area contributed by atoms with E-state index in [1.54, 1.807) is 6.92 Å². The van der Waals surface area contributed by atoms with Crippen LogP contribution in [0.2, 0.25) is 0 Å². The van der Waals surface area contributed by atoms with Crippen LogP contribution in [0.5, 0.6) is 5.75 Å². The Bertz CT molecular complexity index is 473. The molecule has 7 nitrogen and oxygen atoms in total. The van der Waals surface area contributed by atoms with E-state index in [-0.39, 0.29) is 23.5 Å². The summed E-state index contributed by atoms with van der Waals surface area (Å²) in [6.07, 6.45) is -0.115. The molecule has 0 bridgehead atoms. The third kappa shape index (κ3) is 4.22. The minimum Gasteiger partial charge on any atom is -0.496 e. The lowest BCUT2D eigenvalue weighted by molar-refractivity contribution is -0.384. The molecule has 0 heterocycles. The van der Waals surface area contributed by atoms with Gasteiger partial charge < -0.3 is 15.2 Å². The van der Waals surface area contributed by atoms with E-state index < -0.39 is 16.9 Å². The SMILES string of the molecule is COc1ccc([N+](=O)[O-])cc1C(=O)NCCC(C)O. The van der Waals surface area contributed by atoms with Gasteiger partial charge in [-0.1, -0.05) is 0 Å². The molecule has 0 radical (unpaired) electrons. The predicted molar refractivity (Wildman–Crippen MR) is 68.3 cm³/mol. The van der Waals surface area contributed by atoms with Gasteiger partial charge in [-0.25, -0.2) is 0 Å². The summed E-state index contributed by atoms with van der Waals surface area (Å²) >= 11 is 0. The summed E-state index contributed by atoms with van der Waals surface area (Å²) in [5, 5.41) is 22.3. The lowest BCUT2D eigenvalue weighted by Crippen LogP contribution is -2.27. The smallest absolute Gasteiger partial charge is 0.270 e. The first-order valence-electron chi connectivity index (χ1n) is 5.74. The highest BCUT2D eigenvalue weighted by Gasteiger charge is 2.17. The fourth-order valence-electron chi connectivity index (χ4n) is 1.48. The van der Waals surface area contributed by atoms with E-state index in [1.807, 2.05) is 0 Å². The maximum Gasteiger partial charge on any atom is 0.270 e. The van der Waals surface area contributed by atoms with Crippen LogP contribution in [0.15, 0.2) is 18.2 Å². The first-order chi connectivity index (χ1) is 8.95. The maximum absolute atomic E-state index is 11.9. The van der Waals surface area contributed by atoms with E-state index in [4.69, 9.17) is 9.84 Å². The largest absolute Gasteiger partial charge is 0.496 e. The molecule has 1 rings (SSSR count). The number of hydrogen-bond acceptors (Lipinski definition) is 5. The number of nitrogens with one attached hydrogen (secondary N) is 1. The highest BCUT2D eigenvalue weighted by atomic mass is 16.6. The van der Waals surface area contributed by atoms with Crippen LogP contribution in [0.1, 0.15) is 23.7 Å². The molecule has 1 atom stereocenters. The molecule has 1 aromatic carbocycles. The molecule has 0 fully saturated rings. The molecule has 19 heavy (non-hydrogen) atoms. The van der Waals surface area contributed by atoms with E-state index in [0.717, 1.165) is 6.07 Å². The molecule has 1 amide bonds. The number of nitro benzene ring substituents is 1. The number of rotatable bonds is 6. The van der Waals surface area contributed by atoms with Crippen molar-refractivity contribution < 1.29 is 19.6 Å². The zero-order valence-electron chi connectivity index (χ0n) is 10.8. The van der Waals surface area contributed by atoms with Gasteiger partial charge >= 0.3 is 0 Å². The van der Waals surface area contributed by atoms with Crippen LogP contribution in [0.25, 0.3) is 0 Å². The average Bonchev–Trinajstić information content (AvgIpc) is 2.37. The summed E-state index contributed by atoms with van der Waals surface area (Å²) < 4.78 is 5.00. The molecule has 1 aromatic rings. The number of hydrogen-bond donors (Lipinski definition) is 2. The summed E-state index contributed by atoms with van der Waals surface area (Å²) in [7, 11) is 1.38. The number of ether oxygens (including phenoxy) is 1. The van der Waals surface area contributed by atoms with Crippen LogP contribution in [0.3, 0.4) is 0 Å². The van der Waals surface area contributed by atoms with Crippen molar-refractivity contribution in [3.63, 3.8) is 0 Å². The molecule has 0 spiro atoms. The molecular weight excluding hydrogens is 252 g/mol. The Balaban J connectivity index is 2.87. The number of aliphatic hydroxyl groups excluding tert-OH is 1. The molecule has 104 valence electrons. The fourth-order valence-corrected chi connectivity index (χ4v) is 1.48. The quantitative estimate of drug-likeness (QED) is 0.594. The zero-order chi connectivity index (χ0) is 14.4. The molecule has 0 aromatic heterocycles. The summed E-state index contributed by atoms with van der Waals surface area (Å²) in [5.74, 6) is -0.207. The second-order valence-corrected chi connectivity index (χ2v) is 4.04. The van der Waals surface area contributed by atoms with Gasteiger partial charge in [0.25, 0.3) is 11.6 Å². The summed E-state index contributed by atoms with van der Waals surface area (Å²) in [5.41, 5.74) is -0.0798. The van der Waals surface area contributed by atoms with Crippen LogP contribution in [-0.4, -0.2) is 35.7 Å². The fraction of sp³-hybridized carbons (Fsp3) is 0.417. The first-order valence-corrected chi connectivity index (χ1v) is 5.74. The highest BCUT2D eigenvalue weighted by molar-refractivity contribution is 5.97. The highest BCUT2D eigenvalue weighted by Crippen LogP contribution is 2.23. The number of carbonyl (C=O) groups excluding carboxylic acids is 1. The number of carbonyl (C=O) groups is 1. The van der Waals surface area contributed by atoms with Gasteiger partial charge in [-0.15, -0.1) is 0 Å². The number of amides is 1. The second-order valence-electron chi connectivity index (χ2n) is 4.04. The minimum absolute atomic E-state index is 0.0993. The van der Waals surface area contributed by atoms with Crippen molar-refractivity contribution in [3.05, 3.63) is 33.9 Å². The molecule has 0 saturated carbocycles. The first kappa shape index (κ1) is 14.9. The van der Waals surface area contributed by atoms with Crippen molar-refractivity contribution in [2.45, 2.75) is 19.4 Å². The minimum atomic E-state index is -0.577. The molecule has 0 aliphatic rings. The van der Waals surface area contributed by atoms with Crippen molar-refractivity contribution in [3.8, 4) is 5.75 Å². The Kier molecular flexibility index (Phi) is 5.25. The number of aliphatic hydroxyl groups is 1. The van der Waals surface area contributed by atoms with Gasteiger partial charge in [0.05, 0.1) is 23.7 Å². The van der Waals surface area contributed by atoms with Crippen molar-refractivity contribution in [2.75, 3.05) is 13.7 Å². The second kappa shape index (κ2) is 6.69. The maximum atomic E-state index is 11.9. The van der Waals surface area contributed by atoms with Crippen LogP contribution in [0, 0.1) is 10.1 Å². The van der Waals surface area contributed by atoms with Gasteiger partial charge in [0, 0.05) is 18.7 Å². The zero-order valence-corrected chi connectivity index (χ0v) is 10.8. The van der Waals surface area contributed by atoms with Gasteiger partial charge in [-0.05, 0) is 19.4 Å². The van der Waals surface area contributed by atoms with Gasteiger partial charge in [0.15, 0.2) is 0 Å². The molecule has 1 unspecified atom stereocenters. The van der Waals surface area contributed by atoms with E-state index in [0.29, 0.717) is 6.42 Å². The molecule has 2 N–H and O–H groups in total. The van der Waals surface area contributed by atoms with Crippen LogP contribution >= 0.6 is 0 Å². The third-order valence-electron chi connectivity index (χ3n) is 2.49. The van der Waals surface area contributed by atoms with Crippen LogP contribution < -0.4 is 10.1 Å². The van der Waals surface area contributed by atoms with Gasteiger partial charge in [0.1, 0.15) is 5.75 Å². The van der Waals surface area contributed by atoms with Gasteiger partial charge in [-0.3, -0.25) is 14.9 Å². The molecule has 0 saturated heterocycles. The topological polar surface area (TPSA) is 102 Å². The third-order valence-corrected chi connectivity index (χ3v) is 2.49. The van der Waals surface area contributed by atoms with E-state index in [2.05, 4.69) is 5.32 Å². The van der Waals surface area contributed by atoms with E-state index in [1.165, 1.54) is 19.2 Å². The molecule has 0 aliphatic carbocycles. The number of nitro groups is 1. The Morgan fingerprint density at radius 1 is 1.58 bits per heavy atom. The normalized spacial score (nSPS) is 11.7. The summed E-state index contributed by atoms with van der Waals surface area (Å²) in [4.78, 5) is 22.0. The number of methoxy groups -OCH3 is 1. The lowest BCUT2D eigenvalue weighted by Gasteiger charge is -2.09. The lowest BCUT2D eigenvalue weighted by atomic mass is 10.1. The predicted octanol–water partition coefficient (Wildman–Crippen LogP) is 1.10. The van der Waals surface area contributed by atoms with Crippen molar-refractivity contribution >= 4 is 11.6 Å². The summed E-state index contributed by atoms with van der Waals surface area (Å²) in [6, 6.07) is 3.81. The number of benzene rings is 1. The average molecular weight is 268 g/mol. The van der Waals surface area contributed by atoms with Gasteiger partial charge in [-0.2, -0.15) is 0 Å². The van der Waals surface area contributed by atoms with Crippen molar-refractivity contribution in [1.29, 1.82) is 0 Å². The van der Waals surface area contributed by atoms with Crippen LogP contribution in [-0.2, 0) is 0 Å². The number of non-ortho nitro benzene ring substituents is 1.